The molecule has 0 saturated carbocycles. The molecular formula is C27H27N3O3. The molecule has 33 heavy (non-hydrogen) atoms. The molecule has 0 aliphatic carbocycles. The second kappa shape index (κ2) is 8.98. The molecule has 3 aromatic carbocycles. The van der Waals surface area contributed by atoms with Gasteiger partial charge < -0.3 is 18.9 Å². The van der Waals surface area contributed by atoms with Gasteiger partial charge in [0.15, 0.2) is 0 Å². The summed E-state index contributed by atoms with van der Waals surface area (Å²) in [6.45, 7) is 3.77. The first-order valence-electron chi connectivity index (χ1n) is 11.3. The normalized spacial score (nSPS) is 15.9. The van der Waals surface area contributed by atoms with Gasteiger partial charge in [-0.1, -0.05) is 36.4 Å². The van der Waals surface area contributed by atoms with E-state index < -0.39 is 0 Å². The first-order chi connectivity index (χ1) is 16.2. The van der Waals surface area contributed by atoms with Crippen molar-refractivity contribution in [2.24, 2.45) is 0 Å². The summed E-state index contributed by atoms with van der Waals surface area (Å²) >= 11 is 0. The number of nitrogens with zero attached hydrogens (tertiary/aromatic N) is 3. The fourth-order valence-corrected chi connectivity index (χ4v) is 4.56. The highest BCUT2D eigenvalue weighted by molar-refractivity contribution is 5.97. The number of amides is 1. The van der Waals surface area contributed by atoms with E-state index >= 15 is 0 Å². The number of carbonyl (C=O) groups is 1. The number of imidazole rings is 1. The minimum Gasteiger partial charge on any atom is -0.497 e. The van der Waals surface area contributed by atoms with E-state index in [4.69, 9.17) is 14.5 Å². The maximum Gasteiger partial charge on any atom is 0.227 e. The van der Waals surface area contributed by atoms with E-state index in [1.54, 1.807) is 7.11 Å². The lowest BCUT2D eigenvalue weighted by molar-refractivity contribution is -0.117. The first kappa shape index (κ1) is 21.1. The number of aromatic nitrogens is 2. The number of benzene rings is 3. The largest absolute Gasteiger partial charge is 0.497 e. The van der Waals surface area contributed by atoms with Crippen molar-refractivity contribution in [1.29, 1.82) is 0 Å². The van der Waals surface area contributed by atoms with Crippen LogP contribution in [0.15, 0.2) is 72.8 Å². The third-order valence-electron chi connectivity index (χ3n) is 6.13. The van der Waals surface area contributed by atoms with Crippen molar-refractivity contribution in [2.45, 2.75) is 25.8 Å². The summed E-state index contributed by atoms with van der Waals surface area (Å²) in [6, 6.07) is 24.0. The van der Waals surface area contributed by atoms with Crippen molar-refractivity contribution in [3.63, 3.8) is 0 Å². The highest BCUT2D eigenvalue weighted by Gasteiger charge is 2.36. The fraction of sp³-hybridized carbons (Fsp3) is 0.259. The second-order valence-electron chi connectivity index (χ2n) is 8.20. The van der Waals surface area contributed by atoms with Crippen molar-refractivity contribution in [3.05, 3.63) is 84.2 Å². The molecule has 1 aliphatic heterocycles. The number of rotatable bonds is 7. The molecule has 1 atom stereocenters. The summed E-state index contributed by atoms with van der Waals surface area (Å²) in [4.78, 5) is 19.9. The molecule has 6 heteroatoms. The summed E-state index contributed by atoms with van der Waals surface area (Å²) in [6.07, 6.45) is 0.423. The van der Waals surface area contributed by atoms with E-state index in [0.29, 0.717) is 26.1 Å². The molecule has 2 heterocycles. The molecule has 1 saturated heterocycles. The van der Waals surface area contributed by atoms with Crippen LogP contribution >= 0.6 is 0 Å². The second-order valence-corrected chi connectivity index (χ2v) is 8.20. The van der Waals surface area contributed by atoms with Crippen molar-refractivity contribution >= 4 is 22.6 Å². The Labute approximate surface area is 193 Å². The Morgan fingerprint density at radius 1 is 1.00 bits per heavy atom. The van der Waals surface area contributed by atoms with Gasteiger partial charge in [0, 0.05) is 25.4 Å². The Balaban J connectivity index is 1.50. The molecule has 0 spiro atoms. The molecule has 1 fully saturated rings. The molecule has 0 radical (unpaired) electrons. The van der Waals surface area contributed by atoms with Gasteiger partial charge in [-0.2, -0.15) is 0 Å². The van der Waals surface area contributed by atoms with Crippen LogP contribution in [0.4, 0.5) is 5.69 Å². The van der Waals surface area contributed by atoms with Crippen LogP contribution in [-0.4, -0.2) is 35.7 Å². The first-order valence-corrected chi connectivity index (χ1v) is 11.3. The maximum absolute atomic E-state index is 13.1. The Morgan fingerprint density at radius 3 is 2.55 bits per heavy atom. The summed E-state index contributed by atoms with van der Waals surface area (Å²) in [7, 11) is 1.67. The van der Waals surface area contributed by atoms with Gasteiger partial charge in [0.2, 0.25) is 5.91 Å². The van der Waals surface area contributed by atoms with Crippen molar-refractivity contribution in [3.8, 4) is 11.5 Å². The zero-order valence-electron chi connectivity index (χ0n) is 18.9. The Kier molecular flexibility index (Phi) is 5.73. The monoisotopic (exact) mass is 441 g/mol. The standard InChI is InChI=1S/C27H27N3O3/c1-3-33-25-11-7-6-10-24(25)29-18-20(16-26(29)31)27-28-22-8-4-5-9-23(22)30(27)17-19-12-14-21(32-2)15-13-19/h4-15,20H,3,16-18H2,1-2H3. The molecular weight excluding hydrogens is 414 g/mol. The van der Waals surface area contributed by atoms with Crippen LogP contribution in [0.5, 0.6) is 11.5 Å². The van der Waals surface area contributed by atoms with Gasteiger partial charge in [-0.25, -0.2) is 4.98 Å². The van der Waals surface area contributed by atoms with Crippen LogP contribution in [0.3, 0.4) is 0 Å². The van der Waals surface area contributed by atoms with E-state index in [1.807, 2.05) is 66.4 Å². The molecule has 1 amide bonds. The third kappa shape index (κ3) is 4.04. The molecule has 6 nitrogen and oxygen atoms in total. The van der Waals surface area contributed by atoms with Gasteiger partial charge in [-0.15, -0.1) is 0 Å². The van der Waals surface area contributed by atoms with Gasteiger partial charge in [-0.05, 0) is 48.9 Å². The minimum atomic E-state index is -0.00201. The minimum absolute atomic E-state index is 0.00201. The molecule has 4 aromatic rings. The van der Waals surface area contributed by atoms with E-state index in [9.17, 15) is 4.79 Å². The van der Waals surface area contributed by atoms with E-state index in [-0.39, 0.29) is 11.8 Å². The highest BCUT2D eigenvalue weighted by Crippen LogP contribution is 2.37. The van der Waals surface area contributed by atoms with E-state index in [0.717, 1.165) is 39.6 Å². The SMILES string of the molecule is CCOc1ccccc1N1CC(c2nc3ccccc3n2Cc2ccc(OC)cc2)CC1=O. The van der Waals surface area contributed by atoms with Crippen LogP contribution in [0.25, 0.3) is 11.0 Å². The topological polar surface area (TPSA) is 56.6 Å². The highest BCUT2D eigenvalue weighted by atomic mass is 16.5. The number of hydrogen-bond donors (Lipinski definition) is 0. The smallest absolute Gasteiger partial charge is 0.227 e. The Morgan fingerprint density at radius 2 is 1.76 bits per heavy atom. The lowest BCUT2D eigenvalue weighted by Gasteiger charge is -2.20. The van der Waals surface area contributed by atoms with Crippen LogP contribution in [0, 0.1) is 0 Å². The van der Waals surface area contributed by atoms with Crippen molar-refractivity contribution in [1.82, 2.24) is 9.55 Å². The number of fused-ring (bicyclic) bond motifs is 1. The molecule has 1 aromatic heterocycles. The lowest BCUT2D eigenvalue weighted by atomic mass is 10.1. The lowest BCUT2D eigenvalue weighted by Crippen LogP contribution is -2.25. The summed E-state index contributed by atoms with van der Waals surface area (Å²) in [5, 5.41) is 0. The van der Waals surface area contributed by atoms with Crippen molar-refractivity contribution < 1.29 is 14.3 Å². The van der Waals surface area contributed by atoms with Crippen LogP contribution < -0.4 is 14.4 Å². The number of carbonyl (C=O) groups excluding carboxylic acids is 1. The summed E-state index contributed by atoms with van der Waals surface area (Å²) < 4.78 is 13.3. The Bertz CT molecular complexity index is 1280. The predicted molar refractivity (Wildman–Crippen MR) is 129 cm³/mol. The average molecular weight is 442 g/mol. The van der Waals surface area contributed by atoms with E-state index in [1.165, 1.54) is 0 Å². The summed E-state index contributed by atoms with van der Waals surface area (Å²) in [5.74, 6) is 2.60. The number of para-hydroxylation sites is 4. The van der Waals surface area contributed by atoms with Crippen LogP contribution in [0.2, 0.25) is 0 Å². The molecule has 0 N–H and O–H groups in total. The maximum atomic E-state index is 13.1. The van der Waals surface area contributed by atoms with E-state index in [2.05, 4.69) is 22.8 Å². The molecule has 168 valence electrons. The van der Waals surface area contributed by atoms with Gasteiger partial charge in [0.05, 0.1) is 30.4 Å². The fourth-order valence-electron chi connectivity index (χ4n) is 4.56. The van der Waals surface area contributed by atoms with Gasteiger partial charge in [0.1, 0.15) is 17.3 Å². The van der Waals surface area contributed by atoms with Crippen LogP contribution in [0.1, 0.15) is 30.7 Å². The summed E-state index contributed by atoms with van der Waals surface area (Å²) in [5.41, 5.74) is 4.00. The number of methoxy groups -OCH3 is 1. The molecule has 5 rings (SSSR count). The molecule has 1 aliphatic rings. The molecule has 1 unspecified atom stereocenters. The zero-order valence-corrected chi connectivity index (χ0v) is 18.9. The zero-order chi connectivity index (χ0) is 22.8. The number of hydrogen-bond acceptors (Lipinski definition) is 4. The quantitative estimate of drug-likeness (QED) is 0.404. The van der Waals surface area contributed by atoms with Gasteiger partial charge in [0.25, 0.3) is 0 Å². The average Bonchev–Trinajstić information content (AvgIpc) is 3.41. The van der Waals surface area contributed by atoms with Gasteiger partial charge in [-0.3, -0.25) is 4.79 Å². The predicted octanol–water partition coefficient (Wildman–Crippen LogP) is 5.01. The number of ether oxygens (including phenoxy) is 2. The Hall–Kier alpha value is -3.80. The molecule has 0 bridgehead atoms. The van der Waals surface area contributed by atoms with Gasteiger partial charge >= 0.3 is 0 Å². The third-order valence-corrected chi connectivity index (χ3v) is 6.13. The van der Waals surface area contributed by atoms with Crippen LogP contribution in [-0.2, 0) is 11.3 Å². The van der Waals surface area contributed by atoms with Crippen molar-refractivity contribution in [2.75, 3.05) is 25.2 Å². The number of anilines is 1.